The summed E-state index contributed by atoms with van der Waals surface area (Å²) in [6.07, 6.45) is 1.98. The van der Waals surface area contributed by atoms with E-state index in [2.05, 4.69) is 12.2 Å². The predicted octanol–water partition coefficient (Wildman–Crippen LogP) is 1.72. The Morgan fingerprint density at radius 1 is 1.27 bits per heavy atom. The first kappa shape index (κ1) is 10.9. The number of nitrogens with one attached hydrogen (secondary N) is 1. The van der Waals surface area contributed by atoms with Gasteiger partial charge in [0.05, 0.1) is 5.41 Å². The van der Waals surface area contributed by atoms with E-state index in [1.54, 1.807) is 0 Å². The van der Waals surface area contributed by atoms with Crippen LogP contribution in [0.25, 0.3) is 0 Å². The van der Waals surface area contributed by atoms with Crippen molar-refractivity contribution in [1.29, 1.82) is 0 Å². The summed E-state index contributed by atoms with van der Waals surface area (Å²) in [4.78, 5) is 12.1. The van der Waals surface area contributed by atoms with Crippen molar-refractivity contribution in [3.63, 3.8) is 0 Å². The minimum atomic E-state index is -0.366. The first-order chi connectivity index (χ1) is 6.75. The van der Waals surface area contributed by atoms with Gasteiger partial charge in [0, 0.05) is 13.1 Å². The van der Waals surface area contributed by atoms with Crippen molar-refractivity contribution in [3.05, 3.63) is 0 Å². The lowest BCUT2D eigenvalue weighted by atomic mass is 9.51. The fourth-order valence-corrected chi connectivity index (χ4v) is 3.04. The molecule has 0 atom stereocenters. The number of piperidine rings is 2. The van der Waals surface area contributed by atoms with E-state index in [9.17, 15) is 4.79 Å². The van der Waals surface area contributed by atoms with E-state index in [1.807, 2.05) is 20.8 Å². The number of esters is 1. The van der Waals surface area contributed by atoms with Crippen LogP contribution in [0.5, 0.6) is 0 Å². The van der Waals surface area contributed by atoms with Gasteiger partial charge in [0.1, 0.15) is 5.60 Å². The van der Waals surface area contributed by atoms with E-state index < -0.39 is 0 Å². The Hall–Kier alpha value is -0.570. The average molecular weight is 211 g/mol. The molecule has 1 aliphatic carbocycles. The smallest absolute Gasteiger partial charge is 0.313 e. The lowest BCUT2D eigenvalue weighted by molar-refractivity contribution is -0.188. The lowest BCUT2D eigenvalue weighted by Crippen LogP contribution is -2.64. The van der Waals surface area contributed by atoms with E-state index >= 15 is 0 Å². The first-order valence-corrected chi connectivity index (χ1v) is 5.69. The molecular formula is C12H21NO2. The summed E-state index contributed by atoms with van der Waals surface area (Å²) >= 11 is 0. The molecule has 1 N–H and O–H groups in total. The third kappa shape index (κ3) is 1.89. The van der Waals surface area contributed by atoms with Crippen molar-refractivity contribution < 1.29 is 9.53 Å². The van der Waals surface area contributed by atoms with Crippen molar-refractivity contribution >= 4 is 5.97 Å². The molecule has 2 aliphatic heterocycles. The van der Waals surface area contributed by atoms with Gasteiger partial charge in [0.25, 0.3) is 0 Å². The van der Waals surface area contributed by atoms with Gasteiger partial charge < -0.3 is 10.1 Å². The molecule has 3 nitrogen and oxygen atoms in total. The molecule has 2 saturated heterocycles. The second kappa shape index (κ2) is 2.97. The summed E-state index contributed by atoms with van der Waals surface area (Å²) in [5.74, 6) is -0.0142. The number of rotatable bonds is 1. The Balaban J connectivity index is 2.03. The minimum Gasteiger partial charge on any atom is -0.460 e. The van der Waals surface area contributed by atoms with Gasteiger partial charge in [-0.25, -0.2) is 0 Å². The Morgan fingerprint density at radius 3 is 2.33 bits per heavy atom. The maximum Gasteiger partial charge on any atom is 0.313 e. The maximum atomic E-state index is 12.1. The average Bonchev–Trinajstić information content (AvgIpc) is 1.98. The third-order valence-electron chi connectivity index (χ3n) is 3.38. The highest BCUT2D eigenvalue weighted by Crippen LogP contribution is 2.57. The van der Waals surface area contributed by atoms with Gasteiger partial charge in [-0.2, -0.15) is 0 Å². The predicted molar refractivity (Wildman–Crippen MR) is 58.5 cm³/mol. The molecule has 3 rings (SSSR count). The van der Waals surface area contributed by atoms with Crippen molar-refractivity contribution in [1.82, 2.24) is 5.32 Å². The molecule has 86 valence electrons. The number of carbonyl (C=O) groups is 1. The van der Waals surface area contributed by atoms with Gasteiger partial charge in [-0.15, -0.1) is 0 Å². The highest BCUT2D eigenvalue weighted by atomic mass is 16.6. The Bertz CT molecular complexity index is 284. The van der Waals surface area contributed by atoms with Crippen molar-refractivity contribution in [2.24, 2.45) is 10.8 Å². The standard InChI is InChI=1S/C12H21NO2/c1-10(2,3)15-9(14)12-5-11(4,6-12)7-13-8-12/h13H,5-8H2,1-4H3. The normalized spacial score (nSPS) is 39.5. The van der Waals surface area contributed by atoms with E-state index in [0.29, 0.717) is 5.41 Å². The van der Waals surface area contributed by atoms with E-state index in [4.69, 9.17) is 4.74 Å². The van der Waals surface area contributed by atoms with E-state index in [0.717, 1.165) is 25.9 Å². The van der Waals surface area contributed by atoms with Crippen LogP contribution in [0.4, 0.5) is 0 Å². The van der Waals surface area contributed by atoms with Gasteiger partial charge in [0.15, 0.2) is 0 Å². The van der Waals surface area contributed by atoms with Gasteiger partial charge in [-0.3, -0.25) is 4.79 Å². The third-order valence-corrected chi connectivity index (χ3v) is 3.38. The van der Waals surface area contributed by atoms with Crippen LogP contribution in [-0.2, 0) is 9.53 Å². The first-order valence-electron chi connectivity index (χ1n) is 5.69. The molecule has 0 aromatic rings. The van der Waals surface area contributed by atoms with Crippen LogP contribution in [0.15, 0.2) is 0 Å². The minimum absolute atomic E-state index is 0.0142. The lowest BCUT2D eigenvalue weighted by Gasteiger charge is -2.58. The number of ether oxygens (including phenoxy) is 1. The molecule has 2 bridgehead atoms. The summed E-state index contributed by atoms with van der Waals surface area (Å²) in [7, 11) is 0. The molecule has 0 aromatic carbocycles. The van der Waals surface area contributed by atoms with Crippen LogP contribution in [0.3, 0.4) is 0 Å². The van der Waals surface area contributed by atoms with Crippen LogP contribution in [0, 0.1) is 10.8 Å². The van der Waals surface area contributed by atoms with E-state index in [1.165, 1.54) is 0 Å². The van der Waals surface area contributed by atoms with E-state index in [-0.39, 0.29) is 17.0 Å². The molecule has 3 aliphatic rings. The van der Waals surface area contributed by atoms with Crippen LogP contribution in [-0.4, -0.2) is 24.7 Å². The molecule has 0 aromatic heterocycles. The topological polar surface area (TPSA) is 38.3 Å². The van der Waals surface area contributed by atoms with Crippen LogP contribution in [0.1, 0.15) is 40.5 Å². The molecule has 0 amide bonds. The number of hydrogen-bond acceptors (Lipinski definition) is 3. The zero-order valence-electron chi connectivity index (χ0n) is 10.1. The molecule has 0 spiro atoms. The van der Waals surface area contributed by atoms with Gasteiger partial charge in [-0.05, 0) is 39.0 Å². The fraction of sp³-hybridized carbons (Fsp3) is 0.917. The summed E-state index contributed by atoms with van der Waals surface area (Å²) < 4.78 is 5.48. The number of fused-ring (bicyclic) bond motifs is 2. The SMILES string of the molecule is CC12CNCC(C(=O)OC(C)(C)C)(C1)C2. The zero-order chi connectivity index (χ0) is 11.3. The number of carbonyl (C=O) groups excluding carboxylic acids is 1. The van der Waals surface area contributed by atoms with Gasteiger partial charge in [0.2, 0.25) is 0 Å². The summed E-state index contributed by atoms with van der Waals surface area (Å²) in [5.41, 5.74) is -0.259. The van der Waals surface area contributed by atoms with Gasteiger partial charge >= 0.3 is 5.97 Å². The molecule has 3 fully saturated rings. The van der Waals surface area contributed by atoms with Crippen molar-refractivity contribution in [2.45, 2.75) is 46.1 Å². The summed E-state index contributed by atoms with van der Waals surface area (Å²) in [5, 5.41) is 3.33. The fourth-order valence-electron chi connectivity index (χ4n) is 3.04. The number of hydrogen-bond donors (Lipinski definition) is 1. The molecule has 0 unspecified atom stereocenters. The molecule has 0 radical (unpaired) electrons. The zero-order valence-corrected chi connectivity index (χ0v) is 10.1. The van der Waals surface area contributed by atoms with Crippen LogP contribution in [0.2, 0.25) is 0 Å². The van der Waals surface area contributed by atoms with Crippen LogP contribution < -0.4 is 5.32 Å². The molecule has 1 saturated carbocycles. The Labute approximate surface area is 91.6 Å². The largest absolute Gasteiger partial charge is 0.460 e. The van der Waals surface area contributed by atoms with Gasteiger partial charge in [-0.1, -0.05) is 6.92 Å². The Morgan fingerprint density at radius 2 is 1.87 bits per heavy atom. The molecule has 3 heteroatoms. The molecule has 2 heterocycles. The molecule has 15 heavy (non-hydrogen) atoms. The summed E-state index contributed by atoms with van der Waals surface area (Å²) in [6.45, 7) is 9.85. The highest BCUT2D eigenvalue weighted by molar-refractivity contribution is 5.79. The van der Waals surface area contributed by atoms with Crippen molar-refractivity contribution in [3.8, 4) is 0 Å². The maximum absolute atomic E-state index is 12.1. The quantitative estimate of drug-likeness (QED) is 0.671. The Kier molecular flexibility index (Phi) is 2.16. The van der Waals surface area contributed by atoms with Crippen molar-refractivity contribution in [2.75, 3.05) is 13.1 Å². The highest BCUT2D eigenvalue weighted by Gasteiger charge is 2.60. The monoisotopic (exact) mass is 211 g/mol. The second-order valence-corrected chi connectivity index (χ2v) is 6.55. The molecular weight excluding hydrogens is 190 g/mol. The van der Waals surface area contributed by atoms with Crippen LogP contribution >= 0.6 is 0 Å². The summed E-state index contributed by atoms with van der Waals surface area (Å²) in [6, 6.07) is 0. The second-order valence-electron chi connectivity index (χ2n) is 6.55.